The van der Waals surface area contributed by atoms with Crippen molar-refractivity contribution >= 4 is 11.5 Å². The molecule has 2 aromatic rings. The topological polar surface area (TPSA) is 41.1 Å². The summed E-state index contributed by atoms with van der Waals surface area (Å²) in [7, 11) is 0. The lowest BCUT2D eigenvalue weighted by atomic mass is 10.2. The van der Waals surface area contributed by atoms with E-state index < -0.39 is 0 Å². The van der Waals surface area contributed by atoms with E-state index in [2.05, 4.69) is 27.1 Å². The zero-order valence-corrected chi connectivity index (χ0v) is 11.8. The fourth-order valence-corrected chi connectivity index (χ4v) is 1.94. The maximum absolute atomic E-state index is 13.0. The first-order chi connectivity index (χ1) is 9.72. The molecule has 106 valence electrons. The molecular formula is C15H19FN4. The molecule has 0 amide bonds. The first kappa shape index (κ1) is 14.2. The highest BCUT2D eigenvalue weighted by atomic mass is 19.1. The van der Waals surface area contributed by atoms with Crippen molar-refractivity contribution in [3.05, 3.63) is 48.2 Å². The van der Waals surface area contributed by atoms with Crippen molar-refractivity contribution in [3.63, 3.8) is 0 Å². The van der Waals surface area contributed by atoms with Crippen LogP contribution >= 0.6 is 0 Å². The Kier molecular flexibility index (Phi) is 4.87. The molecule has 0 saturated carbocycles. The Bertz CT molecular complexity index is 525. The van der Waals surface area contributed by atoms with E-state index in [0.29, 0.717) is 6.54 Å². The summed E-state index contributed by atoms with van der Waals surface area (Å²) in [6.07, 6.45) is 3.50. The molecule has 1 heterocycles. The lowest BCUT2D eigenvalue weighted by molar-refractivity contribution is 0.627. The normalized spacial score (nSPS) is 10.3. The van der Waals surface area contributed by atoms with Crippen molar-refractivity contribution < 1.29 is 4.39 Å². The second kappa shape index (κ2) is 6.84. The van der Waals surface area contributed by atoms with E-state index >= 15 is 0 Å². The van der Waals surface area contributed by atoms with Gasteiger partial charge in [-0.3, -0.25) is 4.98 Å². The van der Waals surface area contributed by atoms with Crippen LogP contribution in [0.2, 0.25) is 0 Å². The summed E-state index contributed by atoms with van der Waals surface area (Å²) in [5.74, 6) is 0.556. The third-order valence-corrected chi connectivity index (χ3v) is 2.99. The number of nitrogens with zero attached hydrogens (tertiary/aromatic N) is 3. The van der Waals surface area contributed by atoms with E-state index in [-0.39, 0.29) is 5.82 Å². The van der Waals surface area contributed by atoms with Crippen molar-refractivity contribution in [2.24, 2.45) is 0 Å². The van der Waals surface area contributed by atoms with E-state index in [1.165, 1.54) is 12.1 Å². The highest BCUT2D eigenvalue weighted by Gasteiger charge is 2.07. The number of nitrogens with one attached hydrogen (secondary N) is 1. The van der Waals surface area contributed by atoms with Gasteiger partial charge in [0.2, 0.25) is 0 Å². The third-order valence-electron chi connectivity index (χ3n) is 2.99. The second-order valence-corrected chi connectivity index (χ2v) is 4.41. The predicted molar refractivity (Wildman–Crippen MR) is 79.3 cm³/mol. The molecule has 0 aliphatic carbocycles. The summed E-state index contributed by atoms with van der Waals surface area (Å²) < 4.78 is 13.0. The van der Waals surface area contributed by atoms with Crippen molar-refractivity contribution in [2.75, 3.05) is 23.3 Å². The quantitative estimate of drug-likeness (QED) is 0.879. The molecule has 0 saturated heterocycles. The Hall–Kier alpha value is -2.17. The van der Waals surface area contributed by atoms with E-state index in [4.69, 9.17) is 0 Å². The van der Waals surface area contributed by atoms with Gasteiger partial charge in [-0.15, -0.1) is 0 Å². The van der Waals surface area contributed by atoms with Gasteiger partial charge in [-0.25, -0.2) is 9.37 Å². The van der Waals surface area contributed by atoms with Crippen LogP contribution in [0.1, 0.15) is 19.5 Å². The van der Waals surface area contributed by atoms with Gasteiger partial charge in [0.25, 0.3) is 0 Å². The lowest BCUT2D eigenvalue weighted by Gasteiger charge is -2.22. The second-order valence-electron chi connectivity index (χ2n) is 4.41. The molecule has 2 rings (SSSR count). The monoisotopic (exact) mass is 274 g/mol. The van der Waals surface area contributed by atoms with Crippen molar-refractivity contribution in [1.29, 1.82) is 0 Å². The highest BCUT2D eigenvalue weighted by molar-refractivity contribution is 5.46. The summed E-state index contributed by atoms with van der Waals surface area (Å²) in [6, 6.07) is 6.49. The summed E-state index contributed by atoms with van der Waals surface area (Å²) in [6.45, 7) is 6.38. The third kappa shape index (κ3) is 3.66. The van der Waals surface area contributed by atoms with Crippen LogP contribution in [0.3, 0.4) is 0 Å². The zero-order chi connectivity index (χ0) is 14.4. The van der Waals surface area contributed by atoms with Crippen LogP contribution < -0.4 is 10.2 Å². The van der Waals surface area contributed by atoms with Crippen molar-refractivity contribution in [1.82, 2.24) is 9.97 Å². The number of rotatable bonds is 6. The van der Waals surface area contributed by atoms with E-state index in [1.54, 1.807) is 24.5 Å². The average molecular weight is 274 g/mol. The van der Waals surface area contributed by atoms with E-state index in [0.717, 1.165) is 30.3 Å². The van der Waals surface area contributed by atoms with Crippen LogP contribution in [0, 0.1) is 5.82 Å². The molecule has 1 aromatic heterocycles. The maximum atomic E-state index is 13.0. The Morgan fingerprint density at radius 2 is 1.85 bits per heavy atom. The van der Waals surface area contributed by atoms with Crippen LogP contribution in [0.5, 0.6) is 0 Å². The minimum atomic E-state index is -0.223. The van der Waals surface area contributed by atoms with Gasteiger partial charge >= 0.3 is 0 Å². The maximum Gasteiger partial charge on any atom is 0.144 e. The Balaban J connectivity index is 2.07. The highest BCUT2D eigenvalue weighted by Crippen LogP contribution is 2.16. The van der Waals surface area contributed by atoms with Gasteiger partial charge in [0.05, 0.1) is 24.6 Å². The molecule has 1 aromatic carbocycles. The molecule has 0 spiro atoms. The van der Waals surface area contributed by atoms with Crippen LogP contribution in [0.25, 0.3) is 0 Å². The summed E-state index contributed by atoms with van der Waals surface area (Å²) >= 11 is 0. The van der Waals surface area contributed by atoms with E-state index in [1.807, 2.05) is 6.92 Å². The molecule has 4 nitrogen and oxygen atoms in total. The standard InChI is InChI=1S/C15H19FN4/c1-3-17-15-10-18-13(9-19-15)11-20(4-2)14-7-5-12(16)6-8-14/h5-10H,3-4,11H2,1-2H3,(H,17,19). The fraction of sp³-hybridized carbons (Fsp3) is 0.333. The van der Waals surface area contributed by atoms with Gasteiger partial charge in [0.15, 0.2) is 0 Å². The Labute approximate surface area is 118 Å². The molecular weight excluding hydrogens is 255 g/mol. The largest absolute Gasteiger partial charge is 0.369 e. The number of aromatic nitrogens is 2. The molecule has 1 N–H and O–H groups in total. The van der Waals surface area contributed by atoms with Crippen LogP contribution in [-0.2, 0) is 6.54 Å². The molecule has 0 bridgehead atoms. The number of anilines is 2. The molecule has 0 unspecified atom stereocenters. The number of hydrogen-bond acceptors (Lipinski definition) is 4. The molecule has 0 atom stereocenters. The first-order valence-electron chi connectivity index (χ1n) is 6.78. The van der Waals surface area contributed by atoms with Gasteiger partial charge in [-0.1, -0.05) is 0 Å². The van der Waals surface area contributed by atoms with Crippen molar-refractivity contribution in [2.45, 2.75) is 20.4 Å². The van der Waals surface area contributed by atoms with Gasteiger partial charge in [-0.2, -0.15) is 0 Å². The smallest absolute Gasteiger partial charge is 0.144 e. The van der Waals surface area contributed by atoms with Crippen LogP contribution in [0.15, 0.2) is 36.7 Å². The van der Waals surface area contributed by atoms with Gasteiger partial charge < -0.3 is 10.2 Å². The Morgan fingerprint density at radius 3 is 2.40 bits per heavy atom. The molecule has 0 fully saturated rings. The minimum Gasteiger partial charge on any atom is -0.369 e. The molecule has 0 radical (unpaired) electrons. The predicted octanol–water partition coefficient (Wildman–Crippen LogP) is 3.07. The van der Waals surface area contributed by atoms with Crippen molar-refractivity contribution in [3.8, 4) is 0 Å². The van der Waals surface area contributed by atoms with Gasteiger partial charge in [-0.05, 0) is 38.1 Å². The summed E-state index contributed by atoms with van der Waals surface area (Å²) in [5.41, 5.74) is 1.87. The zero-order valence-electron chi connectivity index (χ0n) is 11.8. The van der Waals surface area contributed by atoms with E-state index in [9.17, 15) is 4.39 Å². The first-order valence-corrected chi connectivity index (χ1v) is 6.78. The SMILES string of the molecule is CCNc1cnc(CN(CC)c2ccc(F)cc2)cn1. The lowest BCUT2D eigenvalue weighted by Crippen LogP contribution is -2.22. The van der Waals surface area contributed by atoms with Gasteiger partial charge in [0, 0.05) is 18.8 Å². The minimum absolute atomic E-state index is 0.223. The van der Waals surface area contributed by atoms with Crippen LogP contribution in [-0.4, -0.2) is 23.1 Å². The summed E-state index contributed by atoms with van der Waals surface area (Å²) in [4.78, 5) is 10.8. The van der Waals surface area contributed by atoms with Gasteiger partial charge in [0.1, 0.15) is 11.6 Å². The number of halogens is 1. The van der Waals surface area contributed by atoms with Crippen LogP contribution in [0.4, 0.5) is 15.9 Å². The molecule has 20 heavy (non-hydrogen) atoms. The molecule has 5 heteroatoms. The number of benzene rings is 1. The number of hydrogen-bond donors (Lipinski definition) is 1. The Morgan fingerprint density at radius 1 is 1.10 bits per heavy atom. The molecule has 0 aliphatic rings. The molecule has 0 aliphatic heterocycles. The summed E-state index contributed by atoms with van der Waals surface area (Å²) in [5, 5.41) is 3.11. The fourth-order valence-electron chi connectivity index (χ4n) is 1.94. The average Bonchev–Trinajstić information content (AvgIpc) is 2.48.